The average molecular weight is 458 g/mol. The Labute approximate surface area is 186 Å². The predicted molar refractivity (Wildman–Crippen MR) is 124 cm³/mol. The van der Waals surface area contributed by atoms with Crippen molar-refractivity contribution in [1.82, 2.24) is 19.3 Å². The number of aromatic amines is 1. The third-order valence-corrected chi connectivity index (χ3v) is 7.29. The number of imidazole rings is 1. The monoisotopic (exact) mass is 457 g/mol. The van der Waals surface area contributed by atoms with Gasteiger partial charge in [-0.05, 0) is 29.3 Å². The molecule has 0 spiro atoms. The van der Waals surface area contributed by atoms with E-state index in [2.05, 4.69) is 14.7 Å². The van der Waals surface area contributed by atoms with Crippen molar-refractivity contribution in [3.8, 4) is 0 Å². The number of hydrogen-bond donors (Lipinski definition) is 2. The zero-order valence-electron chi connectivity index (χ0n) is 17.5. The fraction of sp³-hybridized carbons (Fsp3) is 0.227. The molecule has 0 aliphatic rings. The van der Waals surface area contributed by atoms with Gasteiger partial charge in [-0.3, -0.25) is 0 Å². The maximum atomic E-state index is 12.9. The van der Waals surface area contributed by atoms with Gasteiger partial charge in [0, 0.05) is 56.4 Å². The summed E-state index contributed by atoms with van der Waals surface area (Å²) in [4.78, 5) is 9.26. The van der Waals surface area contributed by atoms with E-state index in [-0.39, 0.29) is 22.6 Å². The second kappa shape index (κ2) is 8.37. The van der Waals surface area contributed by atoms with Crippen LogP contribution in [0.15, 0.2) is 66.1 Å². The number of aromatic nitrogens is 3. The van der Waals surface area contributed by atoms with E-state index in [4.69, 9.17) is 11.6 Å². The van der Waals surface area contributed by atoms with E-state index < -0.39 is 10.0 Å². The number of fused-ring (bicyclic) bond motifs is 1. The minimum atomic E-state index is -3.87. The van der Waals surface area contributed by atoms with E-state index in [0.29, 0.717) is 0 Å². The highest BCUT2D eigenvalue weighted by atomic mass is 35.5. The van der Waals surface area contributed by atoms with Crippen LogP contribution in [0.4, 0.5) is 5.69 Å². The van der Waals surface area contributed by atoms with Gasteiger partial charge in [0.2, 0.25) is 5.03 Å². The largest absolute Gasteiger partial charge is 0.378 e. The third-order valence-electron chi connectivity index (χ3n) is 5.37. The molecular formula is C22H24ClN5O2S. The molecule has 1 atom stereocenters. The topological polar surface area (TPSA) is 83.0 Å². The van der Waals surface area contributed by atoms with Crippen molar-refractivity contribution in [3.05, 3.63) is 77.3 Å². The smallest absolute Gasteiger partial charge is 0.261 e. The van der Waals surface area contributed by atoms with Gasteiger partial charge in [-0.1, -0.05) is 41.9 Å². The Bertz CT molecular complexity index is 1310. The SMILES string of the molecule is CN(C)c1ccc(C(CNS(=O)(=O)c2ncn(C)c2Cl)c2c[nH]c3ccccc23)cc1. The molecule has 0 fully saturated rings. The fourth-order valence-electron chi connectivity index (χ4n) is 3.63. The lowest BCUT2D eigenvalue weighted by atomic mass is 9.91. The summed E-state index contributed by atoms with van der Waals surface area (Å²) >= 11 is 6.12. The number of sulfonamides is 1. The molecule has 0 radical (unpaired) electrons. The average Bonchev–Trinajstić information content (AvgIpc) is 3.33. The summed E-state index contributed by atoms with van der Waals surface area (Å²) in [6, 6.07) is 16.1. The molecule has 2 heterocycles. The van der Waals surface area contributed by atoms with Crippen LogP contribution in [0.3, 0.4) is 0 Å². The summed E-state index contributed by atoms with van der Waals surface area (Å²) in [7, 11) is 1.74. The van der Waals surface area contributed by atoms with E-state index in [1.165, 1.54) is 10.9 Å². The minimum Gasteiger partial charge on any atom is -0.378 e. The number of nitrogens with zero attached hydrogens (tertiary/aromatic N) is 3. The van der Waals surface area contributed by atoms with Crippen LogP contribution in [0, 0.1) is 0 Å². The second-order valence-corrected chi connectivity index (χ2v) is 9.67. The number of hydrogen-bond acceptors (Lipinski definition) is 4. The fourth-order valence-corrected chi connectivity index (χ4v) is 5.10. The molecule has 0 saturated heterocycles. The van der Waals surface area contributed by atoms with Crippen molar-refractivity contribution in [2.75, 3.05) is 25.5 Å². The Balaban J connectivity index is 1.71. The van der Waals surface area contributed by atoms with E-state index in [1.54, 1.807) is 7.05 Å². The van der Waals surface area contributed by atoms with E-state index in [0.717, 1.165) is 27.7 Å². The molecule has 2 aromatic carbocycles. The Hall–Kier alpha value is -2.81. The molecule has 4 rings (SSSR count). The van der Waals surface area contributed by atoms with E-state index >= 15 is 0 Å². The summed E-state index contributed by atoms with van der Waals surface area (Å²) in [6.45, 7) is 0.165. The maximum absolute atomic E-state index is 12.9. The Morgan fingerprint density at radius 3 is 2.52 bits per heavy atom. The normalized spacial score (nSPS) is 12.9. The lowest BCUT2D eigenvalue weighted by molar-refractivity contribution is 0.574. The number of H-pyrrole nitrogens is 1. The van der Waals surface area contributed by atoms with Gasteiger partial charge in [-0.25, -0.2) is 18.1 Å². The summed E-state index contributed by atoms with van der Waals surface area (Å²) < 4.78 is 30.0. The molecule has 0 aliphatic heterocycles. The van der Waals surface area contributed by atoms with Crippen molar-refractivity contribution in [2.45, 2.75) is 10.9 Å². The molecule has 31 heavy (non-hydrogen) atoms. The van der Waals surface area contributed by atoms with Gasteiger partial charge >= 0.3 is 0 Å². The summed E-state index contributed by atoms with van der Waals surface area (Å²) in [6.07, 6.45) is 3.32. The molecule has 0 bridgehead atoms. The van der Waals surface area contributed by atoms with Crippen LogP contribution in [-0.4, -0.2) is 43.6 Å². The molecule has 1 unspecified atom stereocenters. The number of nitrogens with one attached hydrogen (secondary N) is 2. The van der Waals surface area contributed by atoms with Gasteiger partial charge in [0.05, 0.1) is 6.33 Å². The van der Waals surface area contributed by atoms with Crippen LogP contribution in [0.2, 0.25) is 5.15 Å². The molecule has 7 nitrogen and oxygen atoms in total. The molecule has 0 amide bonds. The second-order valence-electron chi connectivity index (χ2n) is 7.63. The molecule has 0 aliphatic carbocycles. The van der Waals surface area contributed by atoms with Crippen LogP contribution in [0.1, 0.15) is 17.0 Å². The van der Waals surface area contributed by atoms with E-state index in [9.17, 15) is 8.42 Å². The molecule has 2 aromatic heterocycles. The Morgan fingerprint density at radius 1 is 1.16 bits per heavy atom. The first kappa shape index (κ1) is 21.4. The van der Waals surface area contributed by atoms with Gasteiger partial charge in [-0.2, -0.15) is 0 Å². The molecule has 162 valence electrons. The first-order chi connectivity index (χ1) is 14.8. The highest BCUT2D eigenvalue weighted by Crippen LogP contribution is 2.32. The minimum absolute atomic E-state index is 0.0754. The number of rotatable bonds is 7. The lowest BCUT2D eigenvalue weighted by Crippen LogP contribution is -2.29. The highest BCUT2D eigenvalue weighted by molar-refractivity contribution is 7.89. The Morgan fingerprint density at radius 2 is 1.87 bits per heavy atom. The van der Waals surface area contributed by atoms with Crippen molar-refractivity contribution in [1.29, 1.82) is 0 Å². The quantitative estimate of drug-likeness (QED) is 0.443. The van der Waals surface area contributed by atoms with Crippen molar-refractivity contribution >= 4 is 38.2 Å². The summed E-state index contributed by atoms with van der Waals surface area (Å²) in [5.74, 6) is -0.204. The summed E-state index contributed by atoms with van der Waals surface area (Å²) in [5, 5.41) is 0.961. The zero-order valence-corrected chi connectivity index (χ0v) is 19.1. The first-order valence-corrected chi connectivity index (χ1v) is 11.6. The van der Waals surface area contributed by atoms with Gasteiger partial charge in [0.25, 0.3) is 10.0 Å². The van der Waals surface area contributed by atoms with Gasteiger partial charge in [0.1, 0.15) is 5.15 Å². The van der Waals surface area contributed by atoms with Crippen LogP contribution in [0.5, 0.6) is 0 Å². The first-order valence-electron chi connectivity index (χ1n) is 9.77. The number of benzene rings is 2. The van der Waals surface area contributed by atoms with Crippen molar-refractivity contribution in [3.63, 3.8) is 0 Å². The van der Waals surface area contributed by atoms with Gasteiger partial charge < -0.3 is 14.5 Å². The number of aryl methyl sites for hydroxylation is 1. The van der Waals surface area contributed by atoms with Crippen LogP contribution in [-0.2, 0) is 17.1 Å². The lowest BCUT2D eigenvalue weighted by Gasteiger charge is -2.20. The molecular weight excluding hydrogens is 434 g/mol. The third kappa shape index (κ3) is 4.19. The maximum Gasteiger partial charge on any atom is 0.261 e. The van der Waals surface area contributed by atoms with E-state index in [1.807, 2.05) is 73.7 Å². The highest BCUT2D eigenvalue weighted by Gasteiger charge is 2.25. The van der Waals surface area contributed by atoms with Crippen molar-refractivity contribution < 1.29 is 8.42 Å². The number of anilines is 1. The number of para-hydroxylation sites is 1. The van der Waals surface area contributed by atoms with Crippen LogP contribution < -0.4 is 9.62 Å². The predicted octanol–water partition coefficient (Wildman–Crippen LogP) is 3.73. The van der Waals surface area contributed by atoms with Crippen LogP contribution >= 0.6 is 11.6 Å². The standard InChI is InChI=1S/C22H24ClN5O2S/c1-27(2)16-10-8-15(9-11-16)18(19-12-24-20-7-5-4-6-17(19)20)13-26-31(29,30)22-21(23)28(3)14-25-22/h4-12,14,18,24,26H,13H2,1-3H3. The molecule has 9 heteroatoms. The Kier molecular flexibility index (Phi) is 5.79. The summed E-state index contributed by atoms with van der Waals surface area (Å²) in [5.41, 5.74) is 4.10. The van der Waals surface area contributed by atoms with Crippen molar-refractivity contribution in [2.24, 2.45) is 7.05 Å². The molecule has 2 N–H and O–H groups in total. The van der Waals surface area contributed by atoms with Gasteiger partial charge in [0.15, 0.2) is 0 Å². The molecule has 0 saturated carbocycles. The number of halogens is 1. The van der Waals surface area contributed by atoms with Gasteiger partial charge in [-0.15, -0.1) is 0 Å². The molecule has 4 aromatic rings. The zero-order chi connectivity index (χ0) is 22.2. The van der Waals surface area contributed by atoms with Crippen LogP contribution in [0.25, 0.3) is 10.9 Å².